The molecule has 0 aliphatic carbocycles. The molecule has 94 valence electrons. The first-order valence-corrected chi connectivity index (χ1v) is 5.72. The molecule has 17 heavy (non-hydrogen) atoms. The normalized spacial score (nSPS) is 14.1. The Bertz CT molecular complexity index is 407. The van der Waals surface area contributed by atoms with Crippen LogP contribution in [0.5, 0.6) is 5.75 Å². The van der Waals surface area contributed by atoms with Crippen LogP contribution in [0, 0.1) is 0 Å². The van der Waals surface area contributed by atoms with Crippen LogP contribution in [-0.2, 0) is 11.2 Å². The molecule has 0 aliphatic heterocycles. The highest BCUT2D eigenvalue weighted by atomic mass is 35.5. The fourth-order valence-corrected chi connectivity index (χ4v) is 1.65. The first-order chi connectivity index (χ1) is 7.91. The van der Waals surface area contributed by atoms with Crippen LogP contribution in [0.4, 0.5) is 0 Å². The summed E-state index contributed by atoms with van der Waals surface area (Å²) in [5, 5.41) is 9.34. The van der Waals surface area contributed by atoms with Crippen molar-refractivity contribution in [1.29, 1.82) is 0 Å². The van der Waals surface area contributed by atoms with E-state index in [1.807, 2.05) is 6.92 Å². The number of halogens is 1. The lowest BCUT2D eigenvalue weighted by Crippen LogP contribution is -2.24. The van der Waals surface area contributed by atoms with Crippen LogP contribution < -0.4 is 10.5 Å². The smallest absolute Gasteiger partial charge is 0.344 e. The Morgan fingerprint density at radius 3 is 2.71 bits per heavy atom. The molecule has 1 aromatic rings. The third kappa shape index (κ3) is 3.91. The van der Waals surface area contributed by atoms with E-state index < -0.39 is 12.1 Å². The van der Waals surface area contributed by atoms with Gasteiger partial charge in [0.25, 0.3) is 0 Å². The Kier molecular flexibility index (Phi) is 4.78. The summed E-state index contributed by atoms with van der Waals surface area (Å²) in [7, 11) is 0. The summed E-state index contributed by atoms with van der Waals surface area (Å²) in [5.41, 5.74) is 6.47. The summed E-state index contributed by atoms with van der Waals surface area (Å²) >= 11 is 6.05. The molecular formula is C12H16ClNO3. The van der Waals surface area contributed by atoms with Crippen molar-refractivity contribution in [1.82, 2.24) is 0 Å². The van der Waals surface area contributed by atoms with Crippen LogP contribution in [0.15, 0.2) is 18.2 Å². The number of carbonyl (C=O) groups is 1. The predicted molar refractivity (Wildman–Crippen MR) is 66.5 cm³/mol. The van der Waals surface area contributed by atoms with Crippen LogP contribution in [0.3, 0.4) is 0 Å². The molecule has 0 aromatic heterocycles. The second kappa shape index (κ2) is 5.89. The van der Waals surface area contributed by atoms with Crippen LogP contribution >= 0.6 is 11.6 Å². The molecular weight excluding hydrogens is 242 g/mol. The van der Waals surface area contributed by atoms with Gasteiger partial charge in [-0.05, 0) is 32.4 Å². The number of rotatable bonds is 5. The molecule has 2 unspecified atom stereocenters. The first-order valence-electron chi connectivity index (χ1n) is 5.34. The molecule has 0 spiro atoms. The number of carboxylic acids is 1. The van der Waals surface area contributed by atoms with Crippen molar-refractivity contribution in [3.05, 3.63) is 28.8 Å². The van der Waals surface area contributed by atoms with E-state index in [1.54, 1.807) is 18.2 Å². The first kappa shape index (κ1) is 13.8. The third-order valence-electron chi connectivity index (χ3n) is 2.25. The van der Waals surface area contributed by atoms with Gasteiger partial charge in [-0.1, -0.05) is 17.7 Å². The molecule has 3 N–H and O–H groups in total. The van der Waals surface area contributed by atoms with Crippen molar-refractivity contribution in [2.75, 3.05) is 0 Å². The summed E-state index contributed by atoms with van der Waals surface area (Å²) < 4.78 is 5.35. The van der Waals surface area contributed by atoms with Crippen molar-refractivity contribution in [3.8, 4) is 5.75 Å². The zero-order chi connectivity index (χ0) is 13.0. The van der Waals surface area contributed by atoms with Gasteiger partial charge in [0.15, 0.2) is 6.10 Å². The minimum atomic E-state index is -1.02. The molecule has 1 rings (SSSR count). The molecule has 4 nitrogen and oxygen atoms in total. The average molecular weight is 258 g/mol. The molecule has 0 saturated carbocycles. The van der Waals surface area contributed by atoms with Gasteiger partial charge in [-0.15, -0.1) is 0 Å². The van der Waals surface area contributed by atoms with E-state index in [0.29, 0.717) is 17.2 Å². The van der Waals surface area contributed by atoms with Gasteiger partial charge in [-0.3, -0.25) is 0 Å². The van der Waals surface area contributed by atoms with Crippen molar-refractivity contribution in [2.45, 2.75) is 32.4 Å². The van der Waals surface area contributed by atoms with Crippen LogP contribution in [0.2, 0.25) is 5.02 Å². The zero-order valence-electron chi connectivity index (χ0n) is 9.81. The van der Waals surface area contributed by atoms with E-state index in [1.165, 1.54) is 6.92 Å². The van der Waals surface area contributed by atoms with E-state index >= 15 is 0 Å². The maximum absolute atomic E-state index is 10.7. The number of hydrogen-bond acceptors (Lipinski definition) is 3. The lowest BCUT2D eigenvalue weighted by Gasteiger charge is -2.16. The standard InChI is InChI=1S/C12H16ClNO3/c1-7(14)6-9-10(13)4-3-5-11(9)17-8(2)12(15)16/h3-5,7-8H,6,14H2,1-2H3,(H,15,16). The summed E-state index contributed by atoms with van der Waals surface area (Å²) in [6.45, 7) is 3.33. The van der Waals surface area contributed by atoms with Gasteiger partial charge in [0.05, 0.1) is 0 Å². The van der Waals surface area contributed by atoms with Gasteiger partial charge in [0.2, 0.25) is 0 Å². The fourth-order valence-electron chi connectivity index (χ4n) is 1.41. The number of nitrogens with two attached hydrogens (primary N) is 1. The van der Waals surface area contributed by atoms with E-state index in [0.717, 1.165) is 5.56 Å². The van der Waals surface area contributed by atoms with Gasteiger partial charge in [-0.2, -0.15) is 0 Å². The molecule has 2 atom stereocenters. The Morgan fingerprint density at radius 2 is 2.18 bits per heavy atom. The topological polar surface area (TPSA) is 72.5 Å². The highest BCUT2D eigenvalue weighted by Gasteiger charge is 2.16. The Balaban J connectivity index is 2.98. The molecule has 0 radical (unpaired) electrons. The number of hydrogen-bond donors (Lipinski definition) is 2. The molecule has 1 aromatic carbocycles. The van der Waals surface area contributed by atoms with E-state index in [-0.39, 0.29) is 6.04 Å². The van der Waals surface area contributed by atoms with Gasteiger partial charge < -0.3 is 15.6 Å². The second-order valence-electron chi connectivity index (χ2n) is 4.00. The highest BCUT2D eigenvalue weighted by Crippen LogP contribution is 2.28. The lowest BCUT2D eigenvalue weighted by atomic mass is 10.1. The molecule has 0 amide bonds. The van der Waals surface area contributed by atoms with Gasteiger partial charge >= 0.3 is 5.97 Å². The Morgan fingerprint density at radius 1 is 1.53 bits per heavy atom. The van der Waals surface area contributed by atoms with Crippen molar-refractivity contribution < 1.29 is 14.6 Å². The zero-order valence-corrected chi connectivity index (χ0v) is 10.6. The number of aliphatic carboxylic acids is 1. The molecule has 0 saturated heterocycles. The summed E-state index contributed by atoms with van der Waals surface area (Å²) in [4.78, 5) is 10.7. The molecule has 0 heterocycles. The quantitative estimate of drug-likeness (QED) is 0.847. The predicted octanol–water partition coefficient (Wildman–Crippen LogP) is 2.08. The van der Waals surface area contributed by atoms with E-state index in [2.05, 4.69) is 0 Å². The van der Waals surface area contributed by atoms with Crippen LogP contribution in [0.25, 0.3) is 0 Å². The number of benzene rings is 1. The summed E-state index contributed by atoms with van der Waals surface area (Å²) in [6, 6.07) is 5.08. The molecule has 0 fully saturated rings. The largest absolute Gasteiger partial charge is 0.479 e. The highest BCUT2D eigenvalue weighted by molar-refractivity contribution is 6.31. The Hall–Kier alpha value is -1.26. The Labute approximate surface area is 105 Å². The van der Waals surface area contributed by atoms with Crippen molar-refractivity contribution in [3.63, 3.8) is 0 Å². The van der Waals surface area contributed by atoms with Gasteiger partial charge in [0.1, 0.15) is 5.75 Å². The maximum Gasteiger partial charge on any atom is 0.344 e. The minimum Gasteiger partial charge on any atom is -0.479 e. The van der Waals surface area contributed by atoms with Crippen LogP contribution in [-0.4, -0.2) is 23.2 Å². The van der Waals surface area contributed by atoms with Gasteiger partial charge in [0, 0.05) is 16.6 Å². The summed E-state index contributed by atoms with van der Waals surface area (Å²) in [6.07, 6.45) is -0.373. The second-order valence-corrected chi connectivity index (χ2v) is 4.40. The third-order valence-corrected chi connectivity index (χ3v) is 2.61. The van der Waals surface area contributed by atoms with E-state index in [9.17, 15) is 4.79 Å². The fraction of sp³-hybridized carbons (Fsp3) is 0.417. The van der Waals surface area contributed by atoms with Crippen LogP contribution in [0.1, 0.15) is 19.4 Å². The number of carboxylic acid groups (broad SMARTS) is 1. The van der Waals surface area contributed by atoms with E-state index in [4.69, 9.17) is 27.2 Å². The molecule has 5 heteroatoms. The van der Waals surface area contributed by atoms with Crippen molar-refractivity contribution >= 4 is 17.6 Å². The average Bonchev–Trinajstić information content (AvgIpc) is 2.22. The summed E-state index contributed by atoms with van der Waals surface area (Å²) in [5.74, 6) is -0.540. The SMILES string of the molecule is CC(N)Cc1c(Cl)cccc1OC(C)C(=O)O. The van der Waals surface area contributed by atoms with Crippen molar-refractivity contribution in [2.24, 2.45) is 5.73 Å². The van der Waals surface area contributed by atoms with Gasteiger partial charge in [-0.25, -0.2) is 4.79 Å². The lowest BCUT2D eigenvalue weighted by molar-refractivity contribution is -0.144. The molecule has 0 aliphatic rings. The number of ether oxygens (including phenoxy) is 1. The minimum absolute atomic E-state index is 0.0719. The monoisotopic (exact) mass is 257 g/mol. The maximum atomic E-state index is 10.7. The molecule has 0 bridgehead atoms.